The second-order valence-corrected chi connectivity index (χ2v) is 5.21. The number of pyridine rings is 1. The predicted molar refractivity (Wildman–Crippen MR) is 68.1 cm³/mol. The fraction of sp³-hybridized carbons (Fsp3) is 0.500. The SMILES string of the molecule is O=C(O)N1CCCC(c2ccc(Br)cn2)CC1. The molecule has 2 rings (SSSR count). The fourth-order valence-electron chi connectivity index (χ4n) is 2.21. The van der Waals surface area contributed by atoms with Gasteiger partial charge in [0.1, 0.15) is 0 Å². The Labute approximate surface area is 109 Å². The number of hydrogen-bond acceptors (Lipinski definition) is 2. The molecule has 2 heterocycles. The van der Waals surface area contributed by atoms with Crippen molar-refractivity contribution in [1.82, 2.24) is 9.88 Å². The maximum Gasteiger partial charge on any atom is 0.407 e. The van der Waals surface area contributed by atoms with E-state index in [1.165, 1.54) is 4.90 Å². The molecule has 92 valence electrons. The number of nitrogens with zero attached hydrogens (tertiary/aromatic N) is 2. The Morgan fingerprint density at radius 3 is 2.88 bits per heavy atom. The van der Waals surface area contributed by atoms with Gasteiger partial charge in [0.05, 0.1) is 0 Å². The van der Waals surface area contributed by atoms with Crippen molar-refractivity contribution < 1.29 is 9.90 Å². The molecule has 1 amide bonds. The number of hydrogen-bond donors (Lipinski definition) is 1. The third-order valence-corrected chi connectivity index (χ3v) is 3.64. The average Bonchev–Trinajstić information content (AvgIpc) is 2.55. The lowest BCUT2D eigenvalue weighted by molar-refractivity contribution is 0.147. The third kappa shape index (κ3) is 3.19. The van der Waals surface area contributed by atoms with Crippen LogP contribution < -0.4 is 0 Å². The van der Waals surface area contributed by atoms with Crippen LogP contribution in [0.1, 0.15) is 30.9 Å². The van der Waals surface area contributed by atoms with E-state index in [2.05, 4.69) is 20.9 Å². The molecular formula is C12H15BrN2O2. The molecule has 1 saturated heterocycles. The summed E-state index contributed by atoms with van der Waals surface area (Å²) in [6, 6.07) is 4.01. The highest BCUT2D eigenvalue weighted by Crippen LogP contribution is 2.27. The van der Waals surface area contributed by atoms with Crippen molar-refractivity contribution in [2.24, 2.45) is 0 Å². The minimum Gasteiger partial charge on any atom is -0.465 e. The molecule has 1 aromatic heterocycles. The van der Waals surface area contributed by atoms with Crippen molar-refractivity contribution in [3.63, 3.8) is 0 Å². The summed E-state index contributed by atoms with van der Waals surface area (Å²) in [7, 11) is 0. The number of carbonyl (C=O) groups is 1. The van der Waals surface area contributed by atoms with E-state index < -0.39 is 6.09 Å². The average molecular weight is 299 g/mol. The largest absolute Gasteiger partial charge is 0.465 e. The molecule has 0 aliphatic carbocycles. The molecule has 1 aliphatic heterocycles. The van der Waals surface area contributed by atoms with E-state index in [1.54, 1.807) is 6.20 Å². The van der Waals surface area contributed by atoms with E-state index in [4.69, 9.17) is 5.11 Å². The Balaban J connectivity index is 2.03. The first kappa shape index (κ1) is 12.4. The highest BCUT2D eigenvalue weighted by atomic mass is 79.9. The van der Waals surface area contributed by atoms with Crippen LogP contribution in [0, 0.1) is 0 Å². The molecule has 0 spiro atoms. The molecule has 0 saturated carbocycles. The first-order valence-electron chi connectivity index (χ1n) is 5.76. The summed E-state index contributed by atoms with van der Waals surface area (Å²) in [6.45, 7) is 1.25. The van der Waals surface area contributed by atoms with Crippen molar-refractivity contribution in [2.45, 2.75) is 25.2 Å². The van der Waals surface area contributed by atoms with Crippen molar-refractivity contribution in [3.8, 4) is 0 Å². The molecule has 17 heavy (non-hydrogen) atoms. The number of halogens is 1. The van der Waals surface area contributed by atoms with Crippen LogP contribution >= 0.6 is 15.9 Å². The molecule has 0 aromatic carbocycles. The van der Waals surface area contributed by atoms with Gasteiger partial charge in [-0.2, -0.15) is 0 Å². The van der Waals surface area contributed by atoms with Crippen molar-refractivity contribution in [2.75, 3.05) is 13.1 Å². The summed E-state index contributed by atoms with van der Waals surface area (Å²) in [6.07, 6.45) is 3.78. The molecule has 4 nitrogen and oxygen atoms in total. The van der Waals surface area contributed by atoms with Gasteiger partial charge in [0.2, 0.25) is 0 Å². The van der Waals surface area contributed by atoms with E-state index in [1.807, 2.05) is 12.1 Å². The summed E-state index contributed by atoms with van der Waals surface area (Å²) in [5.41, 5.74) is 1.07. The number of carboxylic acid groups (broad SMARTS) is 1. The number of amides is 1. The van der Waals surface area contributed by atoms with Gasteiger partial charge in [-0.25, -0.2) is 4.79 Å². The Morgan fingerprint density at radius 1 is 1.41 bits per heavy atom. The molecule has 1 aliphatic rings. The second-order valence-electron chi connectivity index (χ2n) is 4.30. The van der Waals surface area contributed by atoms with Crippen LogP contribution in [0.3, 0.4) is 0 Å². The number of rotatable bonds is 1. The lowest BCUT2D eigenvalue weighted by atomic mass is 9.96. The standard InChI is InChI=1S/C12H15BrN2O2/c13-10-3-4-11(14-8-10)9-2-1-6-15(7-5-9)12(16)17/h3-4,8-9H,1-2,5-7H2,(H,16,17). The molecule has 1 unspecified atom stereocenters. The van der Waals surface area contributed by atoms with Gasteiger partial charge >= 0.3 is 6.09 Å². The van der Waals surface area contributed by atoms with Gasteiger partial charge in [0.25, 0.3) is 0 Å². The van der Waals surface area contributed by atoms with Gasteiger partial charge in [-0.05, 0) is 47.3 Å². The highest BCUT2D eigenvalue weighted by molar-refractivity contribution is 9.10. The van der Waals surface area contributed by atoms with Gasteiger partial charge < -0.3 is 10.0 Å². The summed E-state index contributed by atoms with van der Waals surface area (Å²) < 4.78 is 0.974. The molecule has 0 radical (unpaired) electrons. The maximum atomic E-state index is 10.9. The van der Waals surface area contributed by atoms with Crippen LogP contribution in [-0.4, -0.2) is 34.2 Å². The van der Waals surface area contributed by atoms with E-state index in [-0.39, 0.29) is 0 Å². The highest BCUT2D eigenvalue weighted by Gasteiger charge is 2.21. The smallest absolute Gasteiger partial charge is 0.407 e. The summed E-state index contributed by atoms with van der Waals surface area (Å²) in [5.74, 6) is 0.382. The Morgan fingerprint density at radius 2 is 2.24 bits per heavy atom. The minimum atomic E-state index is -0.811. The fourth-order valence-corrected chi connectivity index (χ4v) is 2.45. The van der Waals surface area contributed by atoms with Gasteiger partial charge in [0.15, 0.2) is 0 Å². The molecule has 1 atom stereocenters. The molecule has 1 aromatic rings. The normalized spacial score (nSPS) is 21.0. The van der Waals surface area contributed by atoms with Crippen LogP contribution in [0.4, 0.5) is 4.79 Å². The molecule has 1 fully saturated rings. The summed E-state index contributed by atoms with van der Waals surface area (Å²) in [5, 5.41) is 8.96. The van der Waals surface area contributed by atoms with Crippen LogP contribution in [0.2, 0.25) is 0 Å². The van der Waals surface area contributed by atoms with Crippen molar-refractivity contribution in [3.05, 3.63) is 28.5 Å². The van der Waals surface area contributed by atoms with Crippen molar-refractivity contribution in [1.29, 1.82) is 0 Å². The topological polar surface area (TPSA) is 53.4 Å². The maximum absolute atomic E-state index is 10.9. The molecule has 1 N–H and O–H groups in total. The molecular weight excluding hydrogens is 284 g/mol. The van der Waals surface area contributed by atoms with E-state index in [0.29, 0.717) is 19.0 Å². The number of likely N-dealkylation sites (tertiary alicyclic amines) is 1. The van der Waals surface area contributed by atoms with Crippen molar-refractivity contribution >= 4 is 22.0 Å². The van der Waals surface area contributed by atoms with Gasteiger partial charge in [0, 0.05) is 35.4 Å². The van der Waals surface area contributed by atoms with E-state index in [9.17, 15) is 4.79 Å². The Kier molecular flexibility index (Phi) is 3.99. The van der Waals surface area contributed by atoms with Crippen LogP contribution in [0.25, 0.3) is 0 Å². The first-order valence-corrected chi connectivity index (χ1v) is 6.55. The summed E-state index contributed by atoms with van der Waals surface area (Å²) in [4.78, 5) is 16.8. The van der Waals surface area contributed by atoms with Crippen LogP contribution in [-0.2, 0) is 0 Å². The Hall–Kier alpha value is -1.10. The first-order chi connectivity index (χ1) is 8.16. The quantitative estimate of drug-likeness (QED) is 0.867. The zero-order valence-corrected chi connectivity index (χ0v) is 11.1. The summed E-state index contributed by atoms with van der Waals surface area (Å²) >= 11 is 3.37. The monoisotopic (exact) mass is 298 g/mol. The van der Waals surface area contributed by atoms with Crippen LogP contribution in [0.15, 0.2) is 22.8 Å². The predicted octanol–water partition coefficient (Wildman–Crippen LogP) is 3.09. The number of aromatic nitrogens is 1. The lowest BCUT2D eigenvalue weighted by Gasteiger charge is -2.16. The second kappa shape index (κ2) is 5.49. The van der Waals surface area contributed by atoms with Gasteiger partial charge in [-0.3, -0.25) is 4.98 Å². The minimum absolute atomic E-state index is 0.382. The third-order valence-electron chi connectivity index (χ3n) is 3.17. The molecule has 0 bridgehead atoms. The van der Waals surface area contributed by atoms with E-state index in [0.717, 1.165) is 29.4 Å². The zero-order valence-electron chi connectivity index (χ0n) is 9.47. The Bertz CT molecular complexity index is 394. The zero-order chi connectivity index (χ0) is 12.3. The van der Waals surface area contributed by atoms with Gasteiger partial charge in [-0.15, -0.1) is 0 Å². The molecule has 5 heteroatoms. The van der Waals surface area contributed by atoms with Gasteiger partial charge in [-0.1, -0.05) is 0 Å². The lowest BCUT2D eigenvalue weighted by Crippen LogP contribution is -2.30. The van der Waals surface area contributed by atoms with Crippen LogP contribution in [0.5, 0.6) is 0 Å². The van der Waals surface area contributed by atoms with E-state index >= 15 is 0 Å².